The lowest BCUT2D eigenvalue weighted by atomic mass is 9.97. The predicted octanol–water partition coefficient (Wildman–Crippen LogP) is 1.50. The smallest absolute Gasteiger partial charge is 0.316 e. The molecule has 0 aromatic carbocycles. The second-order valence-electron chi connectivity index (χ2n) is 4.62. The van der Waals surface area contributed by atoms with Crippen LogP contribution in [0.3, 0.4) is 0 Å². The lowest BCUT2D eigenvalue weighted by Crippen LogP contribution is -2.47. The van der Waals surface area contributed by atoms with Gasteiger partial charge in [-0.1, -0.05) is 0 Å². The van der Waals surface area contributed by atoms with E-state index in [1.807, 2.05) is 0 Å². The van der Waals surface area contributed by atoms with E-state index in [1.165, 1.54) is 7.11 Å². The zero-order chi connectivity index (χ0) is 13.6. The molecule has 1 N–H and O–H groups in total. The van der Waals surface area contributed by atoms with Crippen molar-refractivity contribution in [3.05, 3.63) is 16.7 Å². The number of amides is 1. The van der Waals surface area contributed by atoms with Crippen molar-refractivity contribution in [1.29, 1.82) is 0 Å². The highest BCUT2D eigenvalue weighted by Crippen LogP contribution is 2.52. The molecule has 0 spiro atoms. The van der Waals surface area contributed by atoms with Crippen molar-refractivity contribution in [3.8, 4) is 5.75 Å². The topological polar surface area (TPSA) is 77.5 Å². The van der Waals surface area contributed by atoms with E-state index in [-0.39, 0.29) is 5.91 Å². The van der Waals surface area contributed by atoms with Gasteiger partial charge in [-0.25, -0.2) is 4.98 Å². The molecule has 1 fully saturated rings. The summed E-state index contributed by atoms with van der Waals surface area (Å²) in [5.41, 5.74) is -0.844. The number of esters is 1. The van der Waals surface area contributed by atoms with Crippen molar-refractivity contribution in [3.63, 3.8) is 0 Å². The van der Waals surface area contributed by atoms with Crippen LogP contribution in [0.2, 0.25) is 0 Å². The highest BCUT2D eigenvalue weighted by Gasteiger charge is 2.62. The molecule has 0 bridgehead atoms. The van der Waals surface area contributed by atoms with Gasteiger partial charge >= 0.3 is 5.97 Å². The summed E-state index contributed by atoms with van der Waals surface area (Å²) >= 11 is 3.22. The van der Waals surface area contributed by atoms with Gasteiger partial charge in [0.2, 0.25) is 0 Å². The summed E-state index contributed by atoms with van der Waals surface area (Å²) < 4.78 is 11.0. The number of anilines is 1. The Labute approximate surface area is 117 Å². The van der Waals surface area contributed by atoms with Crippen LogP contribution in [0, 0.1) is 5.41 Å². The quantitative estimate of drug-likeness (QED) is 0.658. The van der Waals surface area contributed by atoms with E-state index in [9.17, 15) is 9.59 Å². The number of rotatable bonds is 2. The summed E-state index contributed by atoms with van der Waals surface area (Å²) in [6.07, 6.45) is 0.337. The van der Waals surface area contributed by atoms with Crippen LogP contribution in [0.1, 0.15) is 12.8 Å². The van der Waals surface area contributed by atoms with Gasteiger partial charge in [-0.15, -0.1) is 0 Å². The third-order valence-electron chi connectivity index (χ3n) is 3.43. The van der Waals surface area contributed by atoms with Gasteiger partial charge in [-0.3, -0.25) is 9.59 Å². The third kappa shape index (κ3) is 1.88. The normalized spacial score (nSPS) is 22.8. The molecule has 1 atom stereocenters. The summed E-state index contributed by atoms with van der Waals surface area (Å²) in [5, 5.41) is 2.66. The maximum atomic E-state index is 12.1. The number of pyridine rings is 1. The van der Waals surface area contributed by atoms with Gasteiger partial charge in [-0.05, 0) is 40.9 Å². The van der Waals surface area contributed by atoms with Gasteiger partial charge in [0.1, 0.15) is 10.0 Å². The SMILES string of the molecule is COC(=O)C1(C2Oc3ccc(Br)nc3NC2=O)CC1. The summed E-state index contributed by atoms with van der Waals surface area (Å²) in [7, 11) is 1.32. The Morgan fingerprint density at radius 3 is 2.95 bits per heavy atom. The molecular weight excluding hydrogens is 316 g/mol. The minimum absolute atomic E-state index is 0.358. The van der Waals surface area contributed by atoms with Gasteiger partial charge in [0.25, 0.3) is 5.91 Å². The largest absolute Gasteiger partial charge is 0.475 e. The first-order valence-electron chi connectivity index (χ1n) is 5.79. The van der Waals surface area contributed by atoms with Crippen molar-refractivity contribution in [2.45, 2.75) is 18.9 Å². The number of nitrogens with one attached hydrogen (secondary N) is 1. The van der Waals surface area contributed by atoms with Crippen LogP contribution in [0.5, 0.6) is 5.75 Å². The second-order valence-corrected chi connectivity index (χ2v) is 5.43. The molecule has 1 aromatic rings. The maximum absolute atomic E-state index is 12.1. The van der Waals surface area contributed by atoms with Crippen LogP contribution in [0.15, 0.2) is 16.7 Å². The lowest BCUT2D eigenvalue weighted by molar-refractivity contribution is -0.154. The van der Waals surface area contributed by atoms with E-state index in [4.69, 9.17) is 9.47 Å². The number of fused-ring (bicyclic) bond motifs is 1. The first kappa shape index (κ1) is 12.4. The fourth-order valence-electron chi connectivity index (χ4n) is 2.24. The van der Waals surface area contributed by atoms with Crippen LogP contribution in [0.25, 0.3) is 0 Å². The number of aromatic nitrogens is 1. The van der Waals surface area contributed by atoms with Crippen molar-refractivity contribution in [1.82, 2.24) is 4.98 Å². The summed E-state index contributed by atoms with van der Waals surface area (Å²) in [4.78, 5) is 28.0. The number of ether oxygens (including phenoxy) is 2. The Morgan fingerprint density at radius 2 is 2.32 bits per heavy atom. The van der Waals surface area contributed by atoms with Crippen LogP contribution in [-0.4, -0.2) is 30.1 Å². The van der Waals surface area contributed by atoms with Crippen LogP contribution >= 0.6 is 15.9 Å². The fourth-order valence-corrected chi connectivity index (χ4v) is 2.55. The van der Waals surface area contributed by atoms with Gasteiger partial charge in [0.05, 0.1) is 7.11 Å². The Kier molecular flexibility index (Phi) is 2.74. The molecule has 2 aliphatic rings. The number of hydrogen-bond acceptors (Lipinski definition) is 5. The maximum Gasteiger partial charge on any atom is 0.316 e. The molecule has 1 aromatic heterocycles. The molecule has 0 saturated heterocycles. The highest BCUT2D eigenvalue weighted by atomic mass is 79.9. The minimum Gasteiger partial charge on any atom is -0.475 e. The molecule has 1 unspecified atom stereocenters. The van der Waals surface area contributed by atoms with Crippen molar-refractivity contribution >= 4 is 33.6 Å². The highest BCUT2D eigenvalue weighted by molar-refractivity contribution is 9.10. The summed E-state index contributed by atoms with van der Waals surface area (Å²) in [5.74, 6) is 0.0569. The number of methoxy groups -OCH3 is 1. The van der Waals surface area contributed by atoms with Crippen molar-refractivity contribution in [2.24, 2.45) is 5.41 Å². The van der Waals surface area contributed by atoms with Gasteiger partial charge in [-0.2, -0.15) is 0 Å². The van der Waals surface area contributed by atoms with Gasteiger partial charge in [0, 0.05) is 0 Å². The van der Waals surface area contributed by atoms with Crippen LogP contribution in [0.4, 0.5) is 5.82 Å². The van der Waals surface area contributed by atoms with Crippen molar-refractivity contribution < 1.29 is 19.1 Å². The average molecular weight is 327 g/mol. The van der Waals surface area contributed by atoms with E-state index in [2.05, 4.69) is 26.2 Å². The number of halogens is 1. The fraction of sp³-hybridized carbons (Fsp3) is 0.417. The molecule has 0 radical (unpaired) electrons. The summed E-state index contributed by atoms with van der Waals surface area (Å²) in [6.45, 7) is 0. The Balaban J connectivity index is 1.92. The molecule has 1 aliphatic heterocycles. The Bertz CT molecular complexity index is 571. The van der Waals surface area contributed by atoms with E-state index in [0.29, 0.717) is 29.0 Å². The second kappa shape index (κ2) is 4.19. The van der Waals surface area contributed by atoms with E-state index in [1.54, 1.807) is 12.1 Å². The summed E-state index contributed by atoms with van der Waals surface area (Å²) in [6, 6.07) is 3.41. The van der Waals surface area contributed by atoms with E-state index in [0.717, 1.165) is 0 Å². The van der Waals surface area contributed by atoms with Crippen LogP contribution < -0.4 is 10.1 Å². The van der Waals surface area contributed by atoms with E-state index >= 15 is 0 Å². The molecule has 100 valence electrons. The minimum atomic E-state index is -0.851. The Morgan fingerprint density at radius 1 is 1.58 bits per heavy atom. The number of carbonyl (C=O) groups is 2. The van der Waals surface area contributed by atoms with E-state index < -0.39 is 17.5 Å². The molecule has 3 rings (SSSR count). The number of hydrogen-bond donors (Lipinski definition) is 1. The Hall–Kier alpha value is -1.63. The third-order valence-corrected chi connectivity index (χ3v) is 3.87. The molecular formula is C12H11BrN2O4. The van der Waals surface area contributed by atoms with Gasteiger partial charge < -0.3 is 14.8 Å². The standard InChI is InChI=1S/C12H11BrN2O4/c1-18-11(17)12(4-5-12)8-10(16)15-9-6(19-8)2-3-7(13)14-9/h2-3,8H,4-5H2,1H3,(H,14,15,16). The molecule has 7 heteroatoms. The molecule has 19 heavy (non-hydrogen) atoms. The zero-order valence-electron chi connectivity index (χ0n) is 10.1. The monoisotopic (exact) mass is 326 g/mol. The van der Waals surface area contributed by atoms with Crippen LogP contribution in [-0.2, 0) is 14.3 Å². The molecule has 1 amide bonds. The lowest BCUT2D eigenvalue weighted by Gasteiger charge is -2.29. The molecule has 1 saturated carbocycles. The molecule has 1 aliphatic carbocycles. The first-order valence-corrected chi connectivity index (χ1v) is 6.58. The predicted molar refractivity (Wildman–Crippen MR) is 68.7 cm³/mol. The van der Waals surface area contributed by atoms with Crippen molar-refractivity contribution in [2.75, 3.05) is 12.4 Å². The number of nitrogens with zero attached hydrogens (tertiary/aromatic N) is 1. The zero-order valence-corrected chi connectivity index (χ0v) is 11.7. The average Bonchev–Trinajstić information content (AvgIpc) is 3.18. The molecule has 6 nitrogen and oxygen atoms in total. The molecule has 2 heterocycles. The van der Waals surface area contributed by atoms with Gasteiger partial charge in [0.15, 0.2) is 17.7 Å². The first-order chi connectivity index (χ1) is 9.06. The number of carbonyl (C=O) groups excluding carboxylic acids is 2.